The van der Waals surface area contributed by atoms with Gasteiger partial charge in [-0.1, -0.05) is 54.6 Å². The molecule has 0 spiro atoms. The summed E-state index contributed by atoms with van der Waals surface area (Å²) in [4.78, 5) is 37.2. The molecule has 1 unspecified atom stereocenters. The van der Waals surface area contributed by atoms with Crippen LogP contribution in [0.1, 0.15) is 31.1 Å². The quantitative estimate of drug-likeness (QED) is 0.386. The van der Waals surface area contributed by atoms with Gasteiger partial charge in [-0.2, -0.15) is 0 Å². The SMILES string of the molecule is O=C(OC[C@H]1OC(OC(=O)c2ccccc2)[C@@H](F)[C@@H]1OC(=O)c1ccccc1)c1ccccc1. The molecule has 8 heteroatoms. The highest BCUT2D eigenvalue weighted by Gasteiger charge is 2.50. The van der Waals surface area contributed by atoms with Crippen molar-refractivity contribution in [1.82, 2.24) is 0 Å². The molecular weight excluding hydrogens is 443 g/mol. The molecule has 1 heterocycles. The number of esters is 3. The van der Waals surface area contributed by atoms with Crippen LogP contribution in [0.15, 0.2) is 91.0 Å². The van der Waals surface area contributed by atoms with Crippen LogP contribution < -0.4 is 0 Å². The third-order valence-electron chi connectivity index (χ3n) is 5.12. The van der Waals surface area contributed by atoms with E-state index in [0.717, 1.165) is 0 Å². The van der Waals surface area contributed by atoms with E-state index in [4.69, 9.17) is 18.9 Å². The van der Waals surface area contributed by atoms with E-state index in [-0.39, 0.29) is 11.1 Å². The van der Waals surface area contributed by atoms with Gasteiger partial charge in [0.25, 0.3) is 0 Å². The van der Waals surface area contributed by atoms with Gasteiger partial charge in [-0.25, -0.2) is 18.8 Å². The van der Waals surface area contributed by atoms with Crippen LogP contribution in [0.5, 0.6) is 0 Å². The second-order valence-electron chi connectivity index (χ2n) is 7.46. The summed E-state index contributed by atoms with van der Waals surface area (Å²) in [6.45, 7) is -0.416. The van der Waals surface area contributed by atoms with E-state index in [2.05, 4.69) is 0 Å². The molecule has 0 saturated carbocycles. The number of ether oxygens (including phenoxy) is 4. The Hall–Kier alpha value is -4.04. The highest BCUT2D eigenvalue weighted by atomic mass is 19.1. The van der Waals surface area contributed by atoms with E-state index < -0.39 is 49.2 Å². The Balaban J connectivity index is 1.47. The maximum atomic E-state index is 15.3. The third-order valence-corrected chi connectivity index (χ3v) is 5.12. The molecule has 34 heavy (non-hydrogen) atoms. The molecule has 7 nitrogen and oxygen atoms in total. The van der Waals surface area contributed by atoms with Gasteiger partial charge in [-0.05, 0) is 36.4 Å². The summed E-state index contributed by atoms with van der Waals surface area (Å²) in [5.41, 5.74) is 0.705. The average Bonchev–Trinajstić information content (AvgIpc) is 3.17. The molecule has 0 aliphatic carbocycles. The van der Waals surface area contributed by atoms with E-state index in [1.54, 1.807) is 66.7 Å². The van der Waals surface area contributed by atoms with Crippen molar-refractivity contribution in [2.45, 2.75) is 24.7 Å². The lowest BCUT2D eigenvalue weighted by atomic mass is 10.1. The molecule has 1 aliphatic rings. The highest BCUT2D eigenvalue weighted by molar-refractivity contribution is 5.90. The van der Waals surface area contributed by atoms with Crippen molar-refractivity contribution < 1.29 is 37.7 Å². The van der Waals surface area contributed by atoms with Crippen molar-refractivity contribution in [2.24, 2.45) is 0 Å². The first-order valence-corrected chi connectivity index (χ1v) is 10.6. The van der Waals surface area contributed by atoms with Crippen LogP contribution in [-0.2, 0) is 18.9 Å². The summed E-state index contributed by atoms with van der Waals surface area (Å²) in [5, 5.41) is 0. The largest absolute Gasteiger partial charge is 0.459 e. The highest BCUT2D eigenvalue weighted by Crippen LogP contribution is 2.29. The van der Waals surface area contributed by atoms with Crippen LogP contribution in [0.4, 0.5) is 4.39 Å². The molecule has 1 fully saturated rings. The maximum Gasteiger partial charge on any atom is 0.340 e. The predicted octanol–water partition coefficient (Wildman–Crippen LogP) is 3.99. The lowest BCUT2D eigenvalue weighted by Crippen LogP contribution is -2.37. The molecule has 4 atom stereocenters. The maximum absolute atomic E-state index is 15.3. The van der Waals surface area contributed by atoms with Gasteiger partial charge in [0, 0.05) is 0 Å². The summed E-state index contributed by atoms with van der Waals surface area (Å²) < 4.78 is 36.6. The van der Waals surface area contributed by atoms with Crippen LogP contribution in [0.25, 0.3) is 0 Å². The number of carbonyl (C=O) groups is 3. The predicted molar refractivity (Wildman–Crippen MR) is 118 cm³/mol. The summed E-state index contributed by atoms with van der Waals surface area (Å²) in [7, 11) is 0. The Morgan fingerprint density at radius 2 is 1.12 bits per heavy atom. The summed E-state index contributed by atoms with van der Waals surface area (Å²) in [5.74, 6) is -2.24. The van der Waals surface area contributed by atoms with Crippen molar-refractivity contribution in [2.75, 3.05) is 6.61 Å². The summed E-state index contributed by atoms with van der Waals surface area (Å²) in [6.07, 6.45) is -6.31. The molecule has 0 aromatic heterocycles. The Morgan fingerprint density at radius 1 is 0.676 bits per heavy atom. The molecule has 1 saturated heterocycles. The number of alkyl halides is 1. The minimum Gasteiger partial charge on any atom is -0.459 e. The number of hydrogen-bond donors (Lipinski definition) is 0. The molecule has 0 bridgehead atoms. The van der Waals surface area contributed by atoms with Crippen molar-refractivity contribution in [3.05, 3.63) is 108 Å². The standard InChI is InChI=1S/C26H21FO7/c27-21-22(33-24(29)18-12-6-2-7-13-18)20(16-31-23(28)17-10-4-1-5-11-17)32-26(21)34-25(30)19-14-8-3-9-15-19/h1-15,20-22,26H,16H2/t20-,21+,22-,26?/m1/s1. The van der Waals surface area contributed by atoms with Crippen molar-refractivity contribution in [3.63, 3.8) is 0 Å². The van der Waals surface area contributed by atoms with Crippen LogP contribution >= 0.6 is 0 Å². The van der Waals surface area contributed by atoms with E-state index in [0.29, 0.717) is 5.56 Å². The van der Waals surface area contributed by atoms with E-state index >= 15 is 4.39 Å². The summed E-state index contributed by atoms with van der Waals surface area (Å²) in [6, 6.07) is 24.2. The molecule has 174 valence electrons. The number of benzene rings is 3. The van der Waals surface area contributed by atoms with Crippen molar-refractivity contribution >= 4 is 17.9 Å². The first kappa shape index (κ1) is 23.1. The van der Waals surface area contributed by atoms with Gasteiger partial charge in [0.05, 0.1) is 16.7 Å². The minimum absolute atomic E-state index is 0.204. The van der Waals surface area contributed by atoms with E-state index in [9.17, 15) is 14.4 Å². The monoisotopic (exact) mass is 464 g/mol. The number of hydrogen-bond acceptors (Lipinski definition) is 7. The zero-order valence-electron chi connectivity index (χ0n) is 17.9. The average molecular weight is 464 g/mol. The fourth-order valence-electron chi connectivity index (χ4n) is 3.38. The number of rotatable bonds is 7. The topological polar surface area (TPSA) is 88.1 Å². The second-order valence-corrected chi connectivity index (χ2v) is 7.46. The van der Waals surface area contributed by atoms with Gasteiger partial charge >= 0.3 is 17.9 Å². The zero-order valence-corrected chi connectivity index (χ0v) is 17.9. The molecule has 3 aromatic carbocycles. The smallest absolute Gasteiger partial charge is 0.340 e. The lowest BCUT2D eigenvalue weighted by Gasteiger charge is -2.19. The Kier molecular flexibility index (Phi) is 7.29. The van der Waals surface area contributed by atoms with Gasteiger partial charge in [-0.15, -0.1) is 0 Å². The first-order chi connectivity index (χ1) is 16.5. The summed E-state index contributed by atoms with van der Waals surface area (Å²) >= 11 is 0. The first-order valence-electron chi connectivity index (χ1n) is 10.6. The van der Waals surface area contributed by atoms with E-state index in [1.165, 1.54) is 24.3 Å². The van der Waals surface area contributed by atoms with Crippen LogP contribution in [0.2, 0.25) is 0 Å². The Bertz CT molecular complexity index is 1120. The van der Waals surface area contributed by atoms with E-state index in [1.807, 2.05) is 0 Å². The van der Waals surface area contributed by atoms with Crippen LogP contribution in [0, 0.1) is 0 Å². The second kappa shape index (κ2) is 10.7. The van der Waals surface area contributed by atoms with Crippen molar-refractivity contribution in [1.29, 1.82) is 0 Å². The fourth-order valence-corrected chi connectivity index (χ4v) is 3.38. The molecule has 4 rings (SSSR count). The van der Waals surface area contributed by atoms with Gasteiger partial charge in [0.2, 0.25) is 12.5 Å². The Morgan fingerprint density at radius 3 is 1.62 bits per heavy atom. The van der Waals surface area contributed by atoms with Crippen LogP contribution in [-0.4, -0.2) is 49.2 Å². The normalized spacial score (nSPS) is 21.4. The number of carbonyl (C=O) groups excluding carboxylic acids is 3. The third kappa shape index (κ3) is 5.47. The molecule has 1 aliphatic heterocycles. The van der Waals surface area contributed by atoms with Crippen molar-refractivity contribution in [3.8, 4) is 0 Å². The zero-order chi connectivity index (χ0) is 23.9. The van der Waals surface area contributed by atoms with Gasteiger partial charge in [0.15, 0.2) is 6.10 Å². The van der Waals surface area contributed by atoms with Crippen LogP contribution in [0.3, 0.4) is 0 Å². The molecule has 3 aromatic rings. The Labute approximate surface area is 195 Å². The minimum atomic E-state index is -2.00. The van der Waals surface area contributed by atoms with Gasteiger partial charge < -0.3 is 18.9 Å². The molecule has 0 N–H and O–H groups in total. The van der Waals surface area contributed by atoms with Gasteiger partial charge in [0.1, 0.15) is 12.7 Å². The molecular formula is C26H21FO7. The fraction of sp³-hybridized carbons (Fsp3) is 0.192. The van der Waals surface area contributed by atoms with Gasteiger partial charge in [-0.3, -0.25) is 0 Å². The lowest BCUT2D eigenvalue weighted by molar-refractivity contribution is -0.129. The molecule has 0 radical (unpaired) electrons. The molecule has 0 amide bonds. The number of halogens is 1.